The predicted molar refractivity (Wildman–Crippen MR) is 64.8 cm³/mol. The molecule has 10 nitrogen and oxygen atoms in total. The van der Waals surface area contributed by atoms with Crippen molar-refractivity contribution in [2.24, 2.45) is 0 Å². The van der Waals surface area contributed by atoms with Crippen LogP contribution in [-0.2, 0) is 4.74 Å². The Hall–Kier alpha value is -2.01. The maximum absolute atomic E-state index is 11.1. The van der Waals surface area contributed by atoms with Crippen LogP contribution in [0.1, 0.15) is 10.4 Å². The van der Waals surface area contributed by atoms with Crippen molar-refractivity contribution < 1.29 is 30.0 Å². The number of nitrogens with one attached hydrogen (secondary N) is 1. The topological polar surface area (TPSA) is 171 Å². The molecule has 1 aliphatic heterocycles. The quantitative estimate of drug-likeness (QED) is 0.350. The Morgan fingerprint density at radius 2 is 2.10 bits per heavy atom. The van der Waals surface area contributed by atoms with Crippen molar-refractivity contribution in [3.8, 4) is 0 Å². The second kappa shape index (κ2) is 5.54. The Labute approximate surface area is 112 Å². The molecule has 1 fully saturated rings. The van der Waals surface area contributed by atoms with Gasteiger partial charge in [0.05, 0.1) is 6.61 Å². The van der Waals surface area contributed by atoms with Gasteiger partial charge >= 0.3 is 5.97 Å². The van der Waals surface area contributed by atoms with Gasteiger partial charge in [0, 0.05) is 0 Å². The minimum atomic E-state index is -1.36. The second-order valence-electron chi connectivity index (χ2n) is 4.19. The molecule has 0 saturated carbocycles. The molecule has 1 aromatic heterocycles. The number of carbonyl (C=O) groups is 1. The van der Waals surface area contributed by atoms with Crippen LogP contribution in [0.3, 0.4) is 0 Å². The average Bonchev–Trinajstić information content (AvgIpc) is 2.66. The van der Waals surface area contributed by atoms with Gasteiger partial charge in [0.25, 0.3) is 0 Å². The number of rotatable bonds is 4. The molecule has 4 atom stereocenters. The molecule has 7 N–H and O–H groups in total. The van der Waals surface area contributed by atoms with Crippen molar-refractivity contribution in [3.05, 3.63) is 11.9 Å². The van der Waals surface area contributed by atoms with Gasteiger partial charge in [-0.3, -0.25) is 0 Å². The first-order valence-corrected chi connectivity index (χ1v) is 5.68. The van der Waals surface area contributed by atoms with E-state index in [0.29, 0.717) is 0 Å². The van der Waals surface area contributed by atoms with Crippen molar-refractivity contribution in [1.29, 1.82) is 0 Å². The van der Waals surface area contributed by atoms with Crippen molar-refractivity contribution in [1.82, 2.24) is 9.97 Å². The largest absolute Gasteiger partial charge is 0.477 e. The fraction of sp³-hybridized carbons (Fsp3) is 0.500. The average molecular weight is 286 g/mol. The minimum absolute atomic E-state index is 0.153. The molecule has 1 aliphatic rings. The van der Waals surface area contributed by atoms with Crippen molar-refractivity contribution >= 4 is 17.6 Å². The van der Waals surface area contributed by atoms with Gasteiger partial charge in [-0.2, -0.15) is 0 Å². The summed E-state index contributed by atoms with van der Waals surface area (Å²) < 4.78 is 5.16. The number of carboxylic acid groups (broad SMARTS) is 1. The molecule has 10 heteroatoms. The highest BCUT2D eigenvalue weighted by Gasteiger charge is 2.43. The normalized spacial score (nSPS) is 29.4. The number of carboxylic acids is 1. The minimum Gasteiger partial charge on any atom is -0.477 e. The van der Waals surface area contributed by atoms with Crippen molar-refractivity contribution in [3.63, 3.8) is 0 Å². The number of hydrogen-bond donors (Lipinski definition) is 6. The van der Waals surface area contributed by atoms with Gasteiger partial charge in [0.2, 0.25) is 0 Å². The number of hydrogen-bond acceptors (Lipinski definition) is 9. The number of nitrogens with two attached hydrogens (primary N) is 1. The van der Waals surface area contributed by atoms with Crippen LogP contribution >= 0.6 is 0 Å². The number of aromatic carboxylic acids is 1. The summed E-state index contributed by atoms with van der Waals surface area (Å²) in [6, 6.07) is 0. The van der Waals surface area contributed by atoms with E-state index in [2.05, 4.69) is 15.3 Å². The zero-order valence-electron chi connectivity index (χ0n) is 10.2. The summed E-state index contributed by atoms with van der Waals surface area (Å²) in [5, 5.41) is 39.9. The fourth-order valence-corrected chi connectivity index (χ4v) is 1.87. The van der Waals surface area contributed by atoms with Crippen LogP contribution in [0.5, 0.6) is 0 Å². The first-order valence-electron chi connectivity index (χ1n) is 5.68. The molecule has 1 unspecified atom stereocenters. The molecule has 20 heavy (non-hydrogen) atoms. The molecule has 2 heterocycles. The lowest BCUT2D eigenvalue weighted by atomic mass is 10.1. The fourth-order valence-electron chi connectivity index (χ4n) is 1.87. The van der Waals surface area contributed by atoms with E-state index >= 15 is 0 Å². The van der Waals surface area contributed by atoms with Crippen LogP contribution in [0, 0.1) is 0 Å². The van der Waals surface area contributed by atoms with Crippen LogP contribution in [0.4, 0.5) is 11.6 Å². The van der Waals surface area contributed by atoms with Gasteiger partial charge in [-0.1, -0.05) is 0 Å². The zero-order chi connectivity index (χ0) is 14.9. The van der Waals surface area contributed by atoms with Gasteiger partial charge in [-0.25, -0.2) is 14.8 Å². The molecule has 0 radical (unpaired) electrons. The smallest absolute Gasteiger partial charge is 0.343 e. The first kappa shape index (κ1) is 14.4. The zero-order valence-corrected chi connectivity index (χ0v) is 10.2. The standard InChI is InChI=1S/C10H14N4O6/c11-7-4(10(18)19)8(13-2-12-7)14-9-6(17)5(16)3(1-15)20-9/h2-3,5-6,9,15-17H,1H2,(H,18,19)(H3,11,12,13,14)/t3-,5-,6-,9?/m1/s1. The Morgan fingerprint density at radius 1 is 1.40 bits per heavy atom. The molecule has 2 rings (SSSR count). The molecule has 1 aromatic rings. The monoisotopic (exact) mass is 286 g/mol. The number of aliphatic hydroxyl groups is 3. The van der Waals surface area contributed by atoms with Crippen molar-refractivity contribution in [2.75, 3.05) is 17.7 Å². The maximum Gasteiger partial charge on any atom is 0.343 e. The Balaban J connectivity index is 2.23. The van der Waals surface area contributed by atoms with E-state index in [1.165, 1.54) is 0 Å². The van der Waals surface area contributed by atoms with Gasteiger partial charge < -0.3 is 36.2 Å². The molecular weight excluding hydrogens is 272 g/mol. The molecule has 0 spiro atoms. The summed E-state index contributed by atoms with van der Waals surface area (Å²) >= 11 is 0. The molecule has 0 aromatic carbocycles. The Morgan fingerprint density at radius 3 is 2.65 bits per heavy atom. The molecule has 0 aliphatic carbocycles. The van der Waals surface area contributed by atoms with Crippen molar-refractivity contribution in [2.45, 2.75) is 24.5 Å². The van der Waals surface area contributed by atoms with E-state index in [1.54, 1.807) is 0 Å². The van der Waals surface area contributed by atoms with Crippen LogP contribution in [0.15, 0.2) is 6.33 Å². The van der Waals surface area contributed by atoms with Gasteiger partial charge in [-0.15, -0.1) is 0 Å². The summed E-state index contributed by atoms with van der Waals surface area (Å²) in [6.45, 7) is -0.492. The summed E-state index contributed by atoms with van der Waals surface area (Å²) in [7, 11) is 0. The summed E-state index contributed by atoms with van der Waals surface area (Å²) in [6.07, 6.45) is -3.72. The van der Waals surface area contributed by atoms with E-state index in [4.69, 9.17) is 20.7 Å². The summed E-state index contributed by atoms with van der Waals surface area (Å²) in [5.74, 6) is -1.75. The maximum atomic E-state index is 11.1. The lowest BCUT2D eigenvalue weighted by Crippen LogP contribution is -2.37. The third kappa shape index (κ3) is 2.49. The van der Waals surface area contributed by atoms with Gasteiger partial charge in [0.1, 0.15) is 41.8 Å². The van der Waals surface area contributed by atoms with E-state index in [1.807, 2.05) is 0 Å². The molecule has 0 bridgehead atoms. The van der Waals surface area contributed by atoms with E-state index in [0.717, 1.165) is 6.33 Å². The van der Waals surface area contributed by atoms with Crippen LogP contribution in [-0.4, -0.2) is 67.5 Å². The Kier molecular flexibility index (Phi) is 3.99. The third-order valence-electron chi connectivity index (χ3n) is 2.91. The third-order valence-corrected chi connectivity index (χ3v) is 2.91. The molecular formula is C10H14N4O6. The number of nitrogen functional groups attached to an aromatic ring is 1. The second-order valence-corrected chi connectivity index (χ2v) is 4.19. The number of aliphatic hydroxyl groups excluding tert-OH is 3. The van der Waals surface area contributed by atoms with Gasteiger partial charge in [0.15, 0.2) is 6.23 Å². The highest BCUT2D eigenvalue weighted by Crippen LogP contribution is 2.25. The van der Waals surface area contributed by atoms with E-state index in [9.17, 15) is 15.0 Å². The highest BCUT2D eigenvalue weighted by atomic mass is 16.6. The highest BCUT2D eigenvalue weighted by molar-refractivity contribution is 5.97. The summed E-state index contributed by atoms with van der Waals surface area (Å²) in [5.41, 5.74) is 5.08. The van der Waals surface area contributed by atoms with Crippen LogP contribution in [0.25, 0.3) is 0 Å². The van der Waals surface area contributed by atoms with E-state index < -0.39 is 37.1 Å². The SMILES string of the molecule is Nc1ncnc(NC2O[C@H](CO)[C@@H](O)[C@H]2O)c1C(=O)O. The molecule has 1 saturated heterocycles. The molecule has 110 valence electrons. The predicted octanol–water partition coefficient (Wildman–Crippen LogP) is -2.39. The summed E-state index contributed by atoms with van der Waals surface area (Å²) in [4.78, 5) is 18.4. The first-order chi connectivity index (χ1) is 9.45. The van der Waals surface area contributed by atoms with Crippen LogP contribution < -0.4 is 11.1 Å². The Bertz CT molecular complexity index is 513. The number of nitrogens with zero attached hydrogens (tertiary/aromatic N) is 2. The number of ether oxygens (including phenoxy) is 1. The molecule has 0 amide bonds. The number of anilines is 2. The van der Waals surface area contributed by atoms with Gasteiger partial charge in [-0.05, 0) is 0 Å². The lowest BCUT2D eigenvalue weighted by Gasteiger charge is -2.18. The lowest BCUT2D eigenvalue weighted by molar-refractivity contribution is -0.0154. The number of aromatic nitrogens is 2. The van der Waals surface area contributed by atoms with E-state index in [-0.39, 0.29) is 17.2 Å². The van der Waals surface area contributed by atoms with Crippen LogP contribution in [0.2, 0.25) is 0 Å².